The van der Waals surface area contributed by atoms with Crippen LogP contribution >= 0.6 is 0 Å². The van der Waals surface area contributed by atoms with Crippen molar-refractivity contribution in [3.05, 3.63) is 198 Å². The van der Waals surface area contributed by atoms with Crippen LogP contribution < -0.4 is 15.8 Å². The maximum atomic E-state index is 7.44. The molecule has 0 unspecified atom stereocenters. The molecule has 0 amide bonds. The van der Waals surface area contributed by atoms with Crippen molar-refractivity contribution in [1.82, 2.24) is 9.13 Å². The van der Waals surface area contributed by atoms with Gasteiger partial charge in [-0.2, -0.15) is 0 Å². The Hall–Kier alpha value is -7.91. The standard InChI is InChI=1S/C69H58N2O2Si2/c1-69(2)54-26-14-12-21-45(54)50-39-53-52-38-43(32-35-58(52)71(61(53)40-55(50)69)59-28-16-23-47-48-24-17-29-62(74(3,4)5)66(48)72-65(47)59)44-33-36-60(68-64(44)49-25-18-30-63(67(49)73-68)75(6,7)8)70-56-27-15-13-22-46(56)51-37-42(31-34-57(51)70)41-19-10-9-11-20-41/h9-16,18-28,30-40H,17,29H2,1-8H3. The maximum absolute atomic E-state index is 7.44. The summed E-state index contributed by atoms with van der Waals surface area (Å²) < 4.78 is 19.6. The molecule has 2 aliphatic carbocycles. The first-order valence-electron chi connectivity index (χ1n) is 26.8. The van der Waals surface area contributed by atoms with Gasteiger partial charge in [-0.25, -0.2) is 0 Å². The molecule has 0 bridgehead atoms. The molecule has 0 radical (unpaired) electrons. The summed E-state index contributed by atoms with van der Waals surface area (Å²) in [5.74, 6) is 0. The first-order valence-corrected chi connectivity index (χ1v) is 33.8. The van der Waals surface area contributed by atoms with Crippen LogP contribution in [0.4, 0.5) is 0 Å². The second kappa shape index (κ2) is 15.6. The minimum Gasteiger partial charge on any atom is -0.454 e. The summed E-state index contributed by atoms with van der Waals surface area (Å²) >= 11 is 0. The van der Waals surface area contributed by atoms with Crippen LogP contribution in [-0.4, -0.2) is 25.3 Å². The minimum absolute atomic E-state index is 0.163. The molecule has 0 fully saturated rings. The second-order valence-corrected chi connectivity index (χ2v) is 34.1. The molecule has 4 nitrogen and oxygen atoms in total. The molecule has 9 aromatic carbocycles. The van der Waals surface area contributed by atoms with Gasteiger partial charge in [-0.3, -0.25) is 0 Å². The summed E-state index contributed by atoms with van der Waals surface area (Å²) in [6.45, 7) is 19.4. The van der Waals surface area contributed by atoms with Crippen molar-refractivity contribution in [2.24, 2.45) is 0 Å². The molecule has 15 rings (SSSR count). The Morgan fingerprint density at radius 2 is 1.08 bits per heavy atom. The van der Waals surface area contributed by atoms with Crippen LogP contribution in [-0.2, 0) is 5.41 Å². The predicted octanol–water partition coefficient (Wildman–Crippen LogP) is 17.3. The number of aromatic nitrogens is 2. The topological polar surface area (TPSA) is 36.1 Å². The molecule has 2 aliphatic rings. The molecule has 0 atom stereocenters. The molecule has 364 valence electrons. The Balaban J connectivity index is 1.02. The fourth-order valence-electron chi connectivity index (χ4n) is 13.5. The van der Waals surface area contributed by atoms with E-state index >= 15 is 0 Å². The average Bonchev–Trinajstić information content (AvgIpc) is 4.36. The number of para-hydroxylation sites is 3. The van der Waals surface area contributed by atoms with Crippen molar-refractivity contribution < 1.29 is 8.83 Å². The molecule has 13 aromatic rings. The third-order valence-electron chi connectivity index (χ3n) is 17.1. The lowest BCUT2D eigenvalue weighted by atomic mass is 9.82. The van der Waals surface area contributed by atoms with Gasteiger partial charge in [0, 0.05) is 48.3 Å². The van der Waals surface area contributed by atoms with Crippen molar-refractivity contribution in [3.63, 3.8) is 0 Å². The average molecular weight is 1000 g/mol. The Kier molecular flexibility index (Phi) is 9.26. The predicted molar refractivity (Wildman–Crippen MR) is 323 cm³/mol. The van der Waals surface area contributed by atoms with Crippen molar-refractivity contribution in [2.75, 3.05) is 0 Å². The number of fused-ring (bicyclic) bond motifs is 15. The fraction of sp³-hybridized carbons (Fsp3) is 0.159. The highest BCUT2D eigenvalue weighted by Crippen LogP contribution is 2.52. The van der Waals surface area contributed by atoms with Crippen molar-refractivity contribution in [3.8, 4) is 44.8 Å². The lowest BCUT2D eigenvalue weighted by Crippen LogP contribution is -2.37. The molecule has 0 N–H and O–H groups in total. The summed E-state index contributed by atoms with van der Waals surface area (Å²) in [6, 6.07) is 66.0. The fourth-order valence-corrected chi connectivity index (χ4v) is 16.7. The van der Waals surface area contributed by atoms with Crippen LogP contribution in [0.2, 0.25) is 39.3 Å². The third kappa shape index (κ3) is 6.33. The molecular weight excluding hydrogens is 945 g/mol. The van der Waals surface area contributed by atoms with Gasteiger partial charge in [0.05, 0.1) is 49.6 Å². The molecule has 0 aliphatic heterocycles. The van der Waals surface area contributed by atoms with Gasteiger partial charge in [0.15, 0.2) is 11.2 Å². The van der Waals surface area contributed by atoms with E-state index < -0.39 is 16.1 Å². The van der Waals surface area contributed by atoms with Crippen LogP contribution in [0.15, 0.2) is 185 Å². The van der Waals surface area contributed by atoms with Crippen LogP contribution in [0.5, 0.6) is 0 Å². The second-order valence-electron chi connectivity index (χ2n) is 23.9. The van der Waals surface area contributed by atoms with E-state index in [1.165, 1.54) is 81.4 Å². The minimum atomic E-state index is -1.86. The largest absolute Gasteiger partial charge is 0.454 e. The highest BCUT2D eigenvalue weighted by atomic mass is 28.3. The van der Waals surface area contributed by atoms with E-state index in [0.717, 1.165) is 84.8 Å². The van der Waals surface area contributed by atoms with E-state index in [2.05, 4.69) is 244 Å². The van der Waals surface area contributed by atoms with Gasteiger partial charge in [0.1, 0.15) is 11.0 Å². The van der Waals surface area contributed by atoms with Gasteiger partial charge >= 0.3 is 0 Å². The lowest BCUT2D eigenvalue weighted by Gasteiger charge is -2.21. The van der Waals surface area contributed by atoms with E-state index in [-0.39, 0.29) is 5.41 Å². The Morgan fingerprint density at radius 3 is 1.89 bits per heavy atom. The van der Waals surface area contributed by atoms with Crippen LogP contribution in [0, 0.1) is 0 Å². The first-order chi connectivity index (χ1) is 36.2. The molecule has 6 heteroatoms. The van der Waals surface area contributed by atoms with Gasteiger partial charge in [0.2, 0.25) is 0 Å². The number of benzene rings is 9. The van der Waals surface area contributed by atoms with E-state index in [9.17, 15) is 0 Å². The van der Waals surface area contributed by atoms with Crippen molar-refractivity contribution in [1.29, 1.82) is 0 Å². The summed E-state index contributed by atoms with van der Waals surface area (Å²) in [6.07, 6.45) is 4.55. The van der Waals surface area contributed by atoms with Gasteiger partial charge in [-0.15, -0.1) is 0 Å². The van der Waals surface area contributed by atoms with Gasteiger partial charge in [-0.1, -0.05) is 181 Å². The first kappa shape index (κ1) is 44.6. The Bertz CT molecular complexity index is 4760. The number of hydrogen-bond donors (Lipinski definition) is 0. The maximum Gasteiger partial charge on any atom is 0.160 e. The zero-order valence-electron chi connectivity index (χ0n) is 43.9. The van der Waals surface area contributed by atoms with Crippen LogP contribution in [0.1, 0.15) is 37.8 Å². The smallest absolute Gasteiger partial charge is 0.160 e. The number of furan rings is 2. The highest BCUT2D eigenvalue weighted by molar-refractivity contribution is 6.92. The summed E-state index contributed by atoms with van der Waals surface area (Å²) in [4.78, 5) is 0. The summed E-state index contributed by atoms with van der Waals surface area (Å²) in [5.41, 5.74) is 20.7. The molecule has 4 aromatic heterocycles. The van der Waals surface area contributed by atoms with Crippen LogP contribution in [0.25, 0.3) is 133 Å². The summed E-state index contributed by atoms with van der Waals surface area (Å²) in [7, 11) is -3.51. The van der Waals surface area contributed by atoms with Crippen molar-refractivity contribution >= 4 is 109 Å². The molecular formula is C69H58N2O2Si2. The summed E-state index contributed by atoms with van der Waals surface area (Å²) in [5, 5.41) is 12.5. The van der Waals surface area contributed by atoms with E-state index in [1.807, 2.05) is 0 Å². The van der Waals surface area contributed by atoms with Crippen LogP contribution in [0.3, 0.4) is 0 Å². The monoisotopic (exact) mass is 1000 g/mol. The zero-order chi connectivity index (χ0) is 50.9. The van der Waals surface area contributed by atoms with E-state index in [0.29, 0.717) is 0 Å². The van der Waals surface area contributed by atoms with Gasteiger partial charge in [-0.05, 0) is 122 Å². The van der Waals surface area contributed by atoms with Crippen molar-refractivity contribution in [2.45, 2.75) is 71.4 Å². The zero-order valence-corrected chi connectivity index (χ0v) is 45.9. The quantitative estimate of drug-likeness (QED) is 0.156. The Morgan fingerprint density at radius 1 is 0.427 bits per heavy atom. The number of rotatable bonds is 6. The normalized spacial score (nSPS) is 14.5. The molecule has 0 spiro atoms. The molecule has 0 saturated carbocycles. The highest BCUT2D eigenvalue weighted by Gasteiger charge is 2.37. The van der Waals surface area contributed by atoms with Gasteiger partial charge < -0.3 is 18.0 Å². The van der Waals surface area contributed by atoms with E-state index in [4.69, 9.17) is 8.83 Å². The van der Waals surface area contributed by atoms with E-state index in [1.54, 1.807) is 0 Å². The molecule has 75 heavy (non-hydrogen) atoms. The number of hydrogen-bond acceptors (Lipinski definition) is 2. The molecule has 4 heterocycles. The third-order valence-corrected chi connectivity index (χ3v) is 21.4. The molecule has 0 saturated heterocycles. The Labute approximate surface area is 438 Å². The number of nitrogens with zero attached hydrogens (tertiary/aromatic N) is 2. The van der Waals surface area contributed by atoms with Gasteiger partial charge in [0.25, 0.3) is 0 Å². The lowest BCUT2D eigenvalue weighted by molar-refractivity contribution is 0.568. The SMILES string of the molecule is CC1(C)c2ccccc2-c2cc3c4cc(-c5ccc(-n6c7ccccc7c7cc(-c8ccccc8)ccc76)c6oc7c([Si](C)(C)C)cccc7c56)ccc4n(-c4cccc5c6c(oc45)=C([Si](C)(C)C)CCC=6)c3cc21.